The molecule has 3 aromatic rings. The van der Waals surface area contributed by atoms with Gasteiger partial charge in [0.1, 0.15) is 10.8 Å². The molecule has 2 aromatic carbocycles. The van der Waals surface area contributed by atoms with Gasteiger partial charge in [-0.15, -0.1) is 11.3 Å². The van der Waals surface area contributed by atoms with Gasteiger partial charge in [0.05, 0.1) is 17.9 Å². The van der Waals surface area contributed by atoms with Gasteiger partial charge in [-0.25, -0.2) is 9.78 Å². The lowest BCUT2D eigenvalue weighted by Crippen LogP contribution is -1.95. The van der Waals surface area contributed by atoms with E-state index in [4.69, 9.17) is 9.84 Å². The lowest BCUT2D eigenvalue weighted by molar-refractivity contribution is 0.0697. The molecule has 23 heavy (non-hydrogen) atoms. The third-order valence-electron chi connectivity index (χ3n) is 3.32. The Morgan fingerprint density at radius 3 is 2.65 bits per heavy atom. The summed E-state index contributed by atoms with van der Waals surface area (Å²) in [4.78, 5) is 15.7. The first-order chi connectivity index (χ1) is 11.2. The smallest absolute Gasteiger partial charge is 0.335 e. The van der Waals surface area contributed by atoms with Crippen LogP contribution in [0.15, 0.2) is 53.9 Å². The molecule has 0 amide bonds. The van der Waals surface area contributed by atoms with E-state index in [1.165, 1.54) is 11.3 Å². The number of ether oxygens (including phenoxy) is 1. The Kier molecular flexibility index (Phi) is 4.39. The van der Waals surface area contributed by atoms with Gasteiger partial charge in [-0.2, -0.15) is 0 Å². The van der Waals surface area contributed by atoms with E-state index in [9.17, 15) is 4.79 Å². The molecule has 116 valence electrons. The SMILES string of the molecule is CCOc1ccc(-c2csc(-c3cccc(C(=O)O)c3)n2)cc1. The Labute approximate surface area is 138 Å². The predicted molar refractivity (Wildman–Crippen MR) is 91.1 cm³/mol. The van der Waals surface area contributed by atoms with Gasteiger partial charge in [0.15, 0.2) is 0 Å². The number of nitrogens with zero attached hydrogens (tertiary/aromatic N) is 1. The molecule has 3 rings (SSSR count). The Morgan fingerprint density at radius 2 is 1.96 bits per heavy atom. The summed E-state index contributed by atoms with van der Waals surface area (Å²) in [6.45, 7) is 2.59. The minimum Gasteiger partial charge on any atom is -0.494 e. The molecule has 4 nitrogen and oxygen atoms in total. The van der Waals surface area contributed by atoms with E-state index in [-0.39, 0.29) is 5.56 Å². The molecule has 0 saturated heterocycles. The Balaban J connectivity index is 1.88. The van der Waals surface area contributed by atoms with Crippen LogP contribution >= 0.6 is 11.3 Å². The number of hydrogen-bond donors (Lipinski definition) is 1. The van der Waals surface area contributed by atoms with Crippen molar-refractivity contribution in [1.82, 2.24) is 4.98 Å². The number of thiazole rings is 1. The van der Waals surface area contributed by atoms with Gasteiger partial charge < -0.3 is 9.84 Å². The fourth-order valence-corrected chi connectivity index (χ4v) is 3.04. The first-order valence-corrected chi connectivity index (χ1v) is 8.08. The molecule has 1 heterocycles. The van der Waals surface area contributed by atoms with Crippen molar-refractivity contribution in [3.63, 3.8) is 0 Å². The molecule has 0 radical (unpaired) electrons. The monoisotopic (exact) mass is 325 g/mol. The number of aromatic carboxylic acids is 1. The molecule has 0 atom stereocenters. The summed E-state index contributed by atoms with van der Waals surface area (Å²) in [6.07, 6.45) is 0. The fourth-order valence-electron chi connectivity index (χ4n) is 2.21. The standard InChI is InChI=1S/C18H15NO3S/c1-2-22-15-8-6-12(7-9-15)16-11-23-17(19-16)13-4-3-5-14(10-13)18(20)21/h3-11H,2H2,1H3,(H,20,21). The first-order valence-electron chi connectivity index (χ1n) is 7.20. The minimum atomic E-state index is -0.935. The van der Waals surface area contributed by atoms with Crippen LogP contribution in [0.25, 0.3) is 21.8 Å². The quantitative estimate of drug-likeness (QED) is 0.746. The summed E-state index contributed by atoms with van der Waals surface area (Å²) in [5.41, 5.74) is 2.95. The highest BCUT2D eigenvalue weighted by Gasteiger charge is 2.09. The van der Waals surface area contributed by atoms with E-state index in [1.54, 1.807) is 18.2 Å². The Morgan fingerprint density at radius 1 is 1.17 bits per heavy atom. The van der Waals surface area contributed by atoms with Crippen LogP contribution < -0.4 is 4.74 Å². The number of carbonyl (C=O) groups is 1. The molecule has 0 aliphatic heterocycles. The van der Waals surface area contributed by atoms with Crippen molar-refractivity contribution >= 4 is 17.3 Å². The fraction of sp³-hybridized carbons (Fsp3) is 0.111. The molecule has 0 spiro atoms. The molecule has 0 bridgehead atoms. The van der Waals surface area contributed by atoms with Gasteiger partial charge >= 0.3 is 5.97 Å². The molecule has 0 saturated carbocycles. The maximum Gasteiger partial charge on any atom is 0.335 e. The van der Waals surface area contributed by atoms with Crippen molar-refractivity contribution in [2.24, 2.45) is 0 Å². The average molecular weight is 325 g/mol. The molecular weight excluding hydrogens is 310 g/mol. The Hall–Kier alpha value is -2.66. The number of carboxylic acids is 1. The largest absolute Gasteiger partial charge is 0.494 e. The summed E-state index contributed by atoms with van der Waals surface area (Å²) < 4.78 is 5.43. The second kappa shape index (κ2) is 6.62. The van der Waals surface area contributed by atoms with Crippen molar-refractivity contribution < 1.29 is 14.6 Å². The van der Waals surface area contributed by atoms with Gasteiger partial charge in [-0.3, -0.25) is 0 Å². The van der Waals surface area contributed by atoms with Crippen molar-refractivity contribution in [2.45, 2.75) is 6.92 Å². The molecule has 1 aromatic heterocycles. The van der Waals surface area contributed by atoms with Crippen LogP contribution in [0.2, 0.25) is 0 Å². The highest BCUT2D eigenvalue weighted by Crippen LogP contribution is 2.30. The number of aromatic nitrogens is 1. The average Bonchev–Trinajstić information content (AvgIpc) is 3.06. The van der Waals surface area contributed by atoms with Gasteiger partial charge in [0.2, 0.25) is 0 Å². The van der Waals surface area contributed by atoms with Crippen LogP contribution in [0, 0.1) is 0 Å². The van der Waals surface area contributed by atoms with Crippen LogP contribution in [0.5, 0.6) is 5.75 Å². The normalized spacial score (nSPS) is 10.5. The number of rotatable bonds is 5. The van der Waals surface area contributed by atoms with Crippen LogP contribution in [-0.4, -0.2) is 22.7 Å². The third kappa shape index (κ3) is 3.40. The van der Waals surface area contributed by atoms with E-state index in [1.807, 2.05) is 42.6 Å². The Bertz CT molecular complexity index is 824. The second-order valence-corrected chi connectivity index (χ2v) is 5.74. The van der Waals surface area contributed by atoms with E-state index in [0.717, 1.165) is 27.6 Å². The zero-order valence-corrected chi connectivity index (χ0v) is 13.3. The van der Waals surface area contributed by atoms with Crippen molar-refractivity contribution in [3.8, 4) is 27.6 Å². The topological polar surface area (TPSA) is 59.4 Å². The van der Waals surface area contributed by atoms with E-state index in [0.29, 0.717) is 6.61 Å². The molecular formula is C18H15NO3S. The number of benzene rings is 2. The second-order valence-electron chi connectivity index (χ2n) is 4.88. The third-order valence-corrected chi connectivity index (χ3v) is 4.21. The lowest BCUT2D eigenvalue weighted by atomic mass is 10.1. The van der Waals surface area contributed by atoms with E-state index < -0.39 is 5.97 Å². The molecule has 0 fully saturated rings. The summed E-state index contributed by atoms with van der Waals surface area (Å²) in [6, 6.07) is 14.6. The first kappa shape index (κ1) is 15.2. The van der Waals surface area contributed by atoms with Crippen LogP contribution in [0.4, 0.5) is 0 Å². The van der Waals surface area contributed by atoms with Crippen molar-refractivity contribution in [3.05, 3.63) is 59.5 Å². The van der Waals surface area contributed by atoms with Crippen LogP contribution in [-0.2, 0) is 0 Å². The van der Waals surface area contributed by atoms with Gasteiger partial charge in [0.25, 0.3) is 0 Å². The molecule has 0 unspecified atom stereocenters. The van der Waals surface area contributed by atoms with Crippen molar-refractivity contribution in [1.29, 1.82) is 0 Å². The van der Waals surface area contributed by atoms with Crippen molar-refractivity contribution in [2.75, 3.05) is 6.61 Å². The van der Waals surface area contributed by atoms with E-state index >= 15 is 0 Å². The number of hydrogen-bond acceptors (Lipinski definition) is 4. The minimum absolute atomic E-state index is 0.264. The summed E-state index contributed by atoms with van der Waals surface area (Å²) >= 11 is 1.50. The molecule has 0 aliphatic rings. The van der Waals surface area contributed by atoms with E-state index in [2.05, 4.69) is 4.98 Å². The van der Waals surface area contributed by atoms with Gasteiger partial charge in [-0.05, 0) is 43.3 Å². The maximum atomic E-state index is 11.1. The molecule has 5 heteroatoms. The summed E-state index contributed by atoms with van der Waals surface area (Å²) in [5.74, 6) is -0.101. The van der Waals surface area contributed by atoms with Gasteiger partial charge in [0, 0.05) is 16.5 Å². The van der Waals surface area contributed by atoms with Gasteiger partial charge in [-0.1, -0.05) is 12.1 Å². The summed E-state index contributed by atoms with van der Waals surface area (Å²) in [5, 5.41) is 11.9. The molecule has 0 aliphatic carbocycles. The highest BCUT2D eigenvalue weighted by molar-refractivity contribution is 7.13. The zero-order valence-electron chi connectivity index (χ0n) is 12.5. The van der Waals surface area contributed by atoms with Crippen LogP contribution in [0.3, 0.4) is 0 Å². The maximum absolute atomic E-state index is 11.1. The summed E-state index contributed by atoms with van der Waals surface area (Å²) in [7, 11) is 0. The highest BCUT2D eigenvalue weighted by atomic mass is 32.1. The van der Waals surface area contributed by atoms with Crippen LogP contribution in [0.1, 0.15) is 17.3 Å². The lowest BCUT2D eigenvalue weighted by Gasteiger charge is -2.03. The predicted octanol–water partition coefficient (Wildman–Crippen LogP) is 4.57. The zero-order chi connectivity index (χ0) is 16.2. The number of carboxylic acid groups (broad SMARTS) is 1. The molecule has 1 N–H and O–H groups in total.